The number of halogens is 1. The second-order valence-electron chi connectivity index (χ2n) is 4.72. The average molecular weight is 290 g/mol. The molecule has 3 N–H and O–H groups in total. The van der Waals surface area contributed by atoms with E-state index in [1.54, 1.807) is 6.07 Å². The van der Waals surface area contributed by atoms with E-state index in [4.69, 9.17) is 27.5 Å². The summed E-state index contributed by atoms with van der Waals surface area (Å²) in [5, 5.41) is 7.70. The number of rotatable bonds is 4. The zero-order chi connectivity index (χ0) is 14.7. The molecule has 0 aliphatic rings. The Kier molecular flexibility index (Phi) is 4.25. The van der Waals surface area contributed by atoms with Crippen molar-refractivity contribution in [2.24, 2.45) is 5.73 Å². The van der Waals surface area contributed by atoms with Gasteiger partial charge in [0.2, 0.25) is 5.88 Å². The molecule has 20 heavy (non-hydrogen) atoms. The summed E-state index contributed by atoms with van der Waals surface area (Å²) in [5.41, 5.74) is 7.04. The number of benzene rings is 1. The maximum Gasteiger partial charge on any atom is 0.238 e. The number of ether oxygens (including phenoxy) is 1. The molecule has 0 saturated heterocycles. The van der Waals surface area contributed by atoms with Crippen molar-refractivity contribution in [1.82, 2.24) is 4.98 Å². The highest BCUT2D eigenvalue weighted by atomic mass is 35.5. The van der Waals surface area contributed by atoms with Crippen LogP contribution in [-0.2, 0) is 0 Å². The Morgan fingerprint density at radius 3 is 2.75 bits per heavy atom. The van der Waals surface area contributed by atoms with Crippen LogP contribution in [0.4, 0.5) is 0 Å². The van der Waals surface area contributed by atoms with Crippen LogP contribution in [-0.4, -0.2) is 10.8 Å². The molecule has 0 aliphatic carbocycles. The molecule has 0 amide bonds. The number of hydrogen-bond donors (Lipinski definition) is 2. The Morgan fingerprint density at radius 1 is 1.35 bits per heavy atom. The summed E-state index contributed by atoms with van der Waals surface area (Å²) in [7, 11) is 0. The van der Waals surface area contributed by atoms with Gasteiger partial charge >= 0.3 is 0 Å². The van der Waals surface area contributed by atoms with Gasteiger partial charge in [0.05, 0.1) is 0 Å². The molecule has 1 aromatic carbocycles. The molecule has 0 spiro atoms. The highest BCUT2D eigenvalue weighted by Gasteiger charge is 2.12. The first kappa shape index (κ1) is 14.3. The van der Waals surface area contributed by atoms with Gasteiger partial charge < -0.3 is 10.5 Å². The molecule has 4 nitrogen and oxygen atoms in total. The molecular weight excluding hydrogens is 274 g/mol. The summed E-state index contributed by atoms with van der Waals surface area (Å²) in [5.74, 6) is 1.20. The van der Waals surface area contributed by atoms with Gasteiger partial charge in [0.1, 0.15) is 16.6 Å². The maximum absolute atomic E-state index is 7.45. The van der Waals surface area contributed by atoms with Crippen LogP contribution < -0.4 is 10.5 Å². The number of nitrogen functional groups attached to an aromatic ring is 1. The third-order valence-corrected chi connectivity index (χ3v) is 3.25. The molecule has 0 bridgehead atoms. The van der Waals surface area contributed by atoms with Crippen LogP contribution in [0.5, 0.6) is 11.6 Å². The minimum Gasteiger partial charge on any atom is -0.438 e. The quantitative estimate of drug-likeness (QED) is 0.661. The van der Waals surface area contributed by atoms with Crippen molar-refractivity contribution in [2.75, 3.05) is 0 Å². The van der Waals surface area contributed by atoms with Gasteiger partial charge in [-0.3, -0.25) is 5.41 Å². The first-order valence-electron chi connectivity index (χ1n) is 6.25. The van der Waals surface area contributed by atoms with Crippen molar-refractivity contribution < 1.29 is 4.74 Å². The summed E-state index contributed by atoms with van der Waals surface area (Å²) in [6, 6.07) is 9.33. The third-order valence-electron chi connectivity index (χ3n) is 2.89. The van der Waals surface area contributed by atoms with Crippen LogP contribution in [0.2, 0.25) is 5.02 Å². The van der Waals surface area contributed by atoms with E-state index in [-0.39, 0.29) is 16.7 Å². The van der Waals surface area contributed by atoms with Crippen molar-refractivity contribution >= 4 is 17.4 Å². The fraction of sp³-hybridized carbons (Fsp3) is 0.200. The van der Waals surface area contributed by atoms with Gasteiger partial charge in [-0.25, -0.2) is 4.98 Å². The number of nitrogens with one attached hydrogen (secondary N) is 1. The lowest BCUT2D eigenvalue weighted by Gasteiger charge is -2.11. The lowest BCUT2D eigenvalue weighted by molar-refractivity contribution is 0.462. The van der Waals surface area contributed by atoms with Crippen molar-refractivity contribution in [3.63, 3.8) is 0 Å². The van der Waals surface area contributed by atoms with E-state index in [1.165, 1.54) is 11.8 Å². The average Bonchev–Trinajstić information content (AvgIpc) is 2.41. The molecule has 0 aliphatic heterocycles. The van der Waals surface area contributed by atoms with Gasteiger partial charge in [-0.05, 0) is 29.7 Å². The van der Waals surface area contributed by atoms with Crippen LogP contribution in [0.1, 0.15) is 30.9 Å². The summed E-state index contributed by atoms with van der Waals surface area (Å²) in [6.45, 7) is 4.22. The predicted molar refractivity (Wildman–Crippen MR) is 80.9 cm³/mol. The number of nitrogens with zero attached hydrogens (tertiary/aromatic N) is 1. The topological polar surface area (TPSA) is 72.0 Å². The highest BCUT2D eigenvalue weighted by molar-refractivity contribution is 6.35. The number of nitrogens with two attached hydrogens (primary N) is 1. The molecule has 2 rings (SSSR count). The Balaban J connectivity index is 2.33. The largest absolute Gasteiger partial charge is 0.438 e. The molecule has 0 radical (unpaired) electrons. The lowest BCUT2D eigenvalue weighted by atomic mass is 10.0. The van der Waals surface area contributed by atoms with E-state index in [9.17, 15) is 0 Å². The minimum absolute atomic E-state index is 0.113. The van der Waals surface area contributed by atoms with Gasteiger partial charge in [0, 0.05) is 11.8 Å². The second-order valence-corrected chi connectivity index (χ2v) is 5.10. The van der Waals surface area contributed by atoms with Gasteiger partial charge in [-0.1, -0.05) is 37.6 Å². The van der Waals surface area contributed by atoms with Gasteiger partial charge in [-0.2, -0.15) is 0 Å². The Bertz CT molecular complexity index is 641. The van der Waals surface area contributed by atoms with Gasteiger partial charge in [0.25, 0.3) is 0 Å². The SMILES string of the molecule is CC(C)c1cccc(Oc2nccc(C(=N)N)c2Cl)c1. The van der Waals surface area contributed by atoms with E-state index in [1.807, 2.05) is 24.3 Å². The molecule has 0 atom stereocenters. The second kappa shape index (κ2) is 5.92. The van der Waals surface area contributed by atoms with Crippen molar-refractivity contribution in [3.05, 3.63) is 52.7 Å². The zero-order valence-electron chi connectivity index (χ0n) is 11.4. The molecule has 104 valence electrons. The summed E-state index contributed by atoms with van der Waals surface area (Å²) >= 11 is 6.15. The van der Waals surface area contributed by atoms with Gasteiger partial charge in [-0.15, -0.1) is 0 Å². The summed E-state index contributed by atoms with van der Waals surface area (Å²) < 4.78 is 5.70. The van der Waals surface area contributed by atoms with Crippen LogP contribution in [0.15, 0.2) is 36.5 Å². The fourth-order valence-electron chi connectivity index (χ4n) is 1.75. The monoisotopic (exact) mass is 289 g/mol. The Hall–Kier alpha value is -2.07. The standard InChI is InChI=1S/C15H16ClN3O/c1-9(2)10-4-3-5-11(8-10)20-15-13(16)12(14(17)18)6-7-19-15/h3-9H,1-2H3,(H3,17,18). The highest BCUT2D eigenvalue weighted by Crippen LogP contribution is 2.30. The molecule has 2 aromatic rings. The number of hydrogen-bond acceptors (Lipinski definition) is 3. The Morgan fingerprint density at radius 2 is 2.10 bits per heavy atom. The Labute approximate surface area is 123 Å². The van der Waals surface area contributed by atoms with E-state index >= 15 is 0 Å². The van der Waals surface area contributed by atoms with E-state index in [0.717, 1.165) is 0 Å². The molecule has 0 saturated carbocycles. The van der Waals surface area contributed by atoms with Crippen molar-refractivity contribution in [2.45, 2.75) is 19.8 Å². The third kappa shape index (κ3) is 3.08. The zero-order valence-corrected chi connectivity index (χ0v) is 12.1. The van der Waals surface area contributed by atoms with Crippen LogP contribution in [0.25, 0.3) is 0 Å². The van der Waals surface area contributed by atoms with Crippen LogP contribution in [0, 0.1) is 5.41 Å². The molecule has 0 fully saturated rings. The number of aromatic nitrogens is 1. The number of amidine groups is 1. The molecule has 1 aromatic heterocycles. The van der Waals surface area contributed by atoms with Crippen LogP contribution in [0.3, 0.4) is 0 Å². The van der Waals surface area contributed by atoms with Gasteiger partial charge in [0.15, 0.2) is 0 Å². The first-order chi connectivity index (χ1) is 9.49. The molecular formula is C15H16ClN3O. The molecule has 0 unspecified atom stereocenters. The smallest absolute Gasteiger partial charge is 0.238 e. The first-order valence-corrected chi connectivity index (χ1v) is 6.63. The van der Waals surface area contributed by atoms with E-state index in [0.29, 0.717) is 17.2 Å². The van der Waals surface area contributed by atoms with E-state index in [2.05, 4.69) is 18.8 Å². The normalized spacial score (nSPS) is 10.6. The molecule has 5 heteroatoms. The summed E-state index contributed by atoms with van der Waals surface area (Å²) in [6.07, 6.45) is 1.52. The van der Waals surface area contributed by atoms with Crippen molar-refractivity contribution in [3.8, 4) is 11.6 Å². The molecule has 1 heterocycles. The fourth-order valence-corrected chi connectivity index (χ4v) is 2.00. The summed E-state index contributed by atoms with van der Waals surface area (Å²) in [4.78, 5) is 4.08. The number of pyridine rings is 1. The van der Waals surface area contributed by atoms with E-state index < -0.39 is 0 Å². The van der Waals surface area contributed by atoms with Crippen LogP contribution >= 0.6 is 11.6 Å². The minimum atomic E-state index is -0.113. The predicted octanol–water partition coefficient (Wildman–Crippen LogP) is 3.93. The van der Waals surface area contributed by atoms with Crippen molar-refractivity contribution in [1.29, 1.82) is 5.41 Å². The lowest BCUT2D eigenvalue weighted by Crippen LogP contribution is -2.12. The maximum atomic E-state index is 7.45.